The van der Waals surface area contributed by atoms with E-state index in [0.29, 0.717) is 28.0 Å². The van der Waals surface area contributed by atoms with Crippen molar-refractivity contribution in [3.8, 4) is 5.75 Å². The van der Waals surface area contributed by atoms with Gasteiger partial charge in [0.1, 0.15) is 18.1 Å². The number of nitrogens with one attached hydrogen (secondary N) is 2. The molecule has 6 nitrogen and oxygen atoms in total. The maximum Gasteiger partial charge on any atom is 0.305 e. The first-order valence-corrected chi connectivity index (χ1v) is 9.56. The van der Waals surface area contributed by atoms with E-state index in [0.717, 1.165) is 5.56 Å². The van der Waals surface area contributed by atoms with Gasteiger partial charge in [-0.15, -0.1) is 0 Å². The smallest absolute Gasteiger partial charge is 0.305 e. The molecule has 0 saturated heterocycles. The lowest BCUT2D eigenvalue weighted by molar-refractivity contribution is -0.121. The maximum absolute atomic E-state index is 12.1. The normalized spacial score (nSPS) is 10.4. The second kappa shape index (κ2) is 10.0. The van der Waals surface area contributed by atoms with Crippen molar-refractivity contribution >= 4 is 35.0 Å². The fraction of sp³-hybridized carbons (Fsp3) is 0.143. The maximum atomic E-state index is 12.1. The predicted molar refractivity (Wildman–Crippen MR) is 110 cm³/mol. The van der Waals surface area contributed by atoms with Crippen molar-refractivity contribution in [2.75, 3.05) is 0 Å². The van der Waals surface area contributed by atoms with Crippen molar-refractivity contribution in [2.45, 2.75) is 19.4 Å². The number of carbonyl (C=O) groups is 2. The molecule has 0 aliphatic heterocycles. The third kappa shape index (κ3) is 6.27. The van der Waals surface area contributed by atoms with Gasteiger partial charge in [-0.3, -0.25) is 20.4 Å². The molecular weight excluding hydrogens is 415 g/mol. The number of carbonyl (C=O) groups excluding carboxylic acids is 2. The Morgan fingerprint density at radius 2 is 1.76 bits per heavy atom. The summed E-state index contributed by atoms with van der Waals surface area (Å²) in [4.78, 5) is 24.1. The van der Waals surface area contributed by atoms with Crippen molar-refractivity contribution in [2.24, 2.45) is 0 Å². The van der Waals surface area contributed by atoms with Gasteiger partial charge in [0.15, 0.2) is 5.76 Å². The lowest BCUT2D eigenvalue weighted by atomic mass is 10.1. The number of benzene rings is 2. The van der Waals surface area contributed by atoms with E-state index >= 15 is 0 Å². The van der Waals surface area contributed by atoms with Gasteiger partial charge in [0.05, 0.1) is 0 Å². The molecule has 2 N–H and O–H groups in total. The second-order valence-electron chi connectivity index (χ2n) is 6.11. The van der Waals surface area contributed by atoms with Gasteiger partial charge in [0, 0.05) is 16.5 Å². The molecule has 1 heterocycles. The fourth-order valence-corrected chi connectivity index (χ4v) is 2.97. The van der Waals surface area contributed by atoms with Crippen LogP contribution in [0.25, 0.3) is 0 Å². The standard InChI is InChI=1S/C21H18Cl2N2O4/c22-15-8-6-14(18(23)12-15)7-11-20(26)24-25-21(27)19-10-9-17(29-19)13-28-16-4-2-1-3-5-16/h1-6,8-10,12H,7,11,13H2,(H,24,26)(H,25,27). The van der Waals surface area contributed by atoms with Crippen LogP contribution in [0.1, 0.15) is 28.3 Å². The highest BCUT2D eigenvalue weighted by molar-refractivity contribution is 6.35. The number of ether oxygens (including phenoxy) is 1. The Labute approximate surface area is 177 Å². The molecule has 0 bridgehead atoms. The Hall–Kier alpha value is -2.96. The number of hydrazine groups is 1. The Balaban J connectivity index is 1.43. The first kappa shape index (κ1) is 20.8. The van der Waals surface area contributed by atoms with Crippen molar-refractivity contribution in [1.82, 2.24) is 10.9 Å². The zero-order valence-electron chi connectivity index (χ0n) is 15.3. The first-order valence-electron chi connectivity index (χ1n) is 8.81. The molecule has 0 spiro atoms. The predicted octanol–water partition coefficient (Wildman–Crippen LogP) is 4.56. The number of hydrogen-bond donors (Lipinski definition) is 2. The Morgan fingerprint density at radius 1 is 0.966 bits per heavy atom. The molecule has 0 radical (unpaired) electrons. The number of amides is 2. The summed E-state index contributed by atoms with van der Waals surface area (Å²) in [6, 6.07) is 17.5. The molecule has 0 atom stereocenters. The lowest BCUT2D eigenvalue weighted by Gasteiger charge is -2.07. The van der Waals surface area contributed by atoms with Crippen LogP contribution in [0.15, 0.2) is 65.1 Å². The zero-order chi connectivity index (χ0) is 20.6. The summed E-state index contributed by atoms with van der Waals surface area (Å²) in [5.74, 6) is 0.334. The number of halogens is 2. The summed E-state index contributed by atoms with van der Waals surface area (Å²) in [7, 11) is 0. The van der Waals surface area contributed by atoms with Crippen LogP contribution in [0.4, 0.5) is 0 Å². The lowest BCUT2D eigenvalue weighted by Crippen LogP contribution is -2.41. The summed E-state index contributed by atoms with van der Waals surface area (Å²) >= 11 is 11.9. The Bertz CT molecular complexity index is 989. The highest BCUT2D eigenvalue weighted by Gasteiger charge is 2.13. The Morgan fingerprint density at radius 3 is 2.52 bits per heavy atom. The van der Waals surface area contributed by atoms with E-state index in [4.69, 9.17) is 32.4 Å². The number of para-hydroxylation sites is 1. The summed E-state index contributed by atoms with van der Waals surface area (Å²) < 4.78 is 11.0. The van der Waals surface area contributed by atoms with Crippen LogP contribution < -0.4 is 15.6 Å². The van der Waals surface area contributed by atoms with Crippen LogP contribution >= 0.6 is 23.2 Å². The highest BCUT2D eigenvalue weighted by Crippen LogP contribution is 2.22. The van der Waals surface area contributed by atoms with Crippen molar-refractivity contribution in [1.29, 1.82) is 0 Å². The van der Waals surface area contributed by atoms with Crippen molar-refractivity contribution in [3.05, 3.63) is 87.8 Å². The monoisotopic (exact) mass is 432 g/mol. The van der Waals surface area contributed by atoms with Gasteiger partial charge in [-0.25, -0.2) is 0 Å². The SMILES string of the molecule is O=C(CCc1ccc(Cl)cc1Cl)NNC(=O)c1ccc(COc2ccccc2)o1. The first-order chi connectivity index (χ1) is 14.0. The molecule has 3 aromatic rings. The minimum atomic E-state index is -0.561. The van der Waals surface area contributed by atoms with Crippen LogP contribution in [0.5, 0.6) is 5.75 Å². The molecule has 29 heavy (non-hydrogen) atoms. The molecule has 1 aromatic heterocycles. The molecule has 0 aliphatic rings. The van der Waals surface area contributed by atoms with E-state index < -0.39 is 5.91 Å². The van der Waals surface area contributed by atoms with Gasteiger partial charge in [-0.1, -0.05) is 47.5 Å². The highest BCUT2D eigenvalue weighted by atomic mass is 35.5. The van der Waals surface area contributed by atoms with Gasteiger partial charge in [-0.05, 0) is 48.4 Å². The largest absolute Gasteiger partial charge is 0.486 e. The fourth-order valence-electron chi connectivity index (χ4n) is 2.47. The van der Waals surface area contributed by atoms with Gasteiger partial charge in [0.25, 0.3) is 0 Å². The zero-order valence-corrected chi connectivity index (χ0v) is 16.8. The summed E-state index contributed by atoms with van der Waals surface area (Å²) in [5, 5.41) is 1.03. The molecule has 150 valence electrons. The van der Waals surface area contributed by atoms with E-state index in [1.54, 1.807) is 24.3 Å². The molecule has 0 fully saturated rings. The number of furan rings is 1. The third-order valence-corrected chi connectivity index (χ3v) is 4.55. The van der Waals surface area contributed by atoms with Crippen molar-refractivity contribution in [3.63, 3.8) is 0 Å². The minimum Gasteiger partial charge on any atom is -0.486 e. The average molecular weight is 433 g/mol. The van der Waals surface area contributed by atoms with Crippen LogP contribution in [0.2, 0.25) is 10.0 Å². The topological polar surface area (TPSA) is 80.6 Å². The molecule has 8 heteroatoms. The van der Waals surface area contributed by atoms with Crippen LogP contribution in [-0.4, -0.2) is 11.8 Å². The number of rotatable bonds is 7. The molecule has 0 unspecified atom stereocenters. The minimum absolute atomic E-state index is 0.0673. The number of hydrogen-bond acceptors (Lipinski definition) is 4. The second-order valence-corrected chi connectivity index (χ2v) is 6.95. The molecule has 2 aromatic carbocycles. The molecule has 3 rings (SSSR count). The summed E-state index contributed by atoms with van der Waals surface area (Å²) in [5.41, 5.74) is 5.47. The van der Waals surface area contributed by atoms with E-state index in [2.05, 4.69) is 10.9 Å². The van der Waals surface area contributed by atoms with Crippen LogP contribution in [0, 0.1) is 0 Å². The summed E-state index contributed by atoms with van der Waals surface area (Å²) in [6.07, 6.45) is 0.565. The van der Waals surface area contributed by atoms with Crippen LogP contribution in [-0.2, 0) is 17.8 Å². The summed E-state index contributed by atoms with van der Waals surface area (Å²) in [6.45, 7) is 0.186. The van der Waals surface area contributed by atoms with Gasteiger partial charge in [0.2, 0.25) is 5.91 Å². The van der Waals surface area contributed by atoms with E-state index in [1.165, 1.54) is 6.07 Å². The Kier molecular flexibility index (Phi) is 7.16. The van der Waals surface area contributed by atoms with Gasteiger partial charge < -0.3 is 9.15 Å². The molecule has 2 amide bonds. The molecule has 0 aliphatic carbocycles. The molecule has 0 saturated carbocycles. The van der Waals surface area contributed by atoms with E-state index in [9.17, 15) is 9.59 Å². The van der Waals surface area contributed by atoms with E-state index in [-0.39, 0.29) is 24.7 Å². The van der Waals surface area contributed by atoms with E-state index in [1.807, 2.05) is 30.3 Å². The van der Waals surface area contributed by atoms with Gasteiger partial charge in [-0.2, -0.15) is 0 Å². The molecular formula is C21H18Cl2N2O4. The number of aryl methyl sites for hydroxylation is 1. The average Bonchev–Trinajstić information content (AvgIpc) is 3.20. The van der Waals surface area contributed by atoms with Gasteiger partial charge >= 0.3 is 5.91 Å². The van der Waals surface area contributed by atoms with Crippen LogP contribution in [0.3, 0.4) is 0 Å². The quantitative estimate of drug-likeness (QED) is 0.536. The third-order valence-electron chi connectivity index (χ3n) is 3.96. The van der Waals surface area contributed by atoms with Crippen molar-refractivity contribution < 1.29 is 18.7 Å².